The second-order valence-electron chi connectivity index (χ2n) is 2.31. The van der Waals surface area contributed by atoms with Crippen molar-refractivity contribution in [2.45, 2.75) is 13.1 Å². The number of nitrogens with zero attached hydrogens (tertiary/aromatic N) is 1. The highest BCUT2D eigenvalue weighted by Crippen LogP contribution is 2.15. The number of halogens is 3. The van der Waals surface area contributed by atoms with Gasteiger partial charge in [-0.1, -0.05) is 6.08 Å². The molecule has 0 bridgehead atoms. The first kappa shape index (κ1) is 11.0. The molecule has 0 spiro atoms. The van der Waals surface area contributed by atoms with Crippen molar-refractivity contribution in [1.29, 1.82) is 0 Å². The predicted octanol–water partition coefficient (Wildman–Crippen LogP) is 1.58. The summed E-state index contributed by atoms with van der Waals surface area (Å²) in [4.78, 5) is 11.4. The van der Waals surface area contributed by atoms with Crippen molar-refractivity contribution in [2.24, 2.45) is 0 Å². The average molecular weight is 181 g/mol. The van der Waals surface area contributed by atoms with E-state index in [4.69, 9.17) is 0 Å². The van der Waals surface area contributed by atoms with Crippen molar-refractivity contribution < 1.29 is 18.0 Å². The van der Waals surface area contributed by atoms with Crippen LogP contribution < -0.4 is 0 Å². The zero-order valence-electron chi connectivity index (χ0n) is 6.85. The zero-order valence-corrected chi connectivity index (χ0v) is 6.85. The van der Waals surface area contributed by atoms with Crippen molar-refractivity contribution in [3.63, 3.8) is 0 Å². The Labute approximate surface area is 68.7 Å². The molecule has 0 unspecified atom stereocenters. The topological polar surface area (TPSA) is 20.3 Å². The van der Waals surface area contributed by atoms with E-state index in [-0.39, 0.29) is 0 Å². The molecule has 0 rings (SSSR count). The first-order chi connectivity index (χ1) is 5.37. The minimum atomic E-state index is -4.33. The van der Waals surface area contributed by atoms with Crippen LogP contribution >= 0.6 is 0 Å². The van der Waals surface area contributed by atoms with Crippen LogP contribution in [-0.2, 0) is 4.79 Å². The van der Waals surface area contributed by atoms with Crippen LogP contribution in [0.2, 0.25) is 0 Å². The Morgan fingerprint density at radius 1 is 1.50 bits per heavy atom. The van der Waals surface area contributed by atoms with Crippen molar-refractivity contribution in [1.82, 2.24) is 4.90 Å². The van der Waals surface area contributed by atoms with Crippen LogP contribution in [0.4, 0.5) is 13.2 Å². The maximum Gasteiger partial charge on any atom is 0.406 e. The normalized spacial score (nSPS) is 12.1. The minimum Gasteiger partial charge on any atom is -0.333 e. The van der Waals surface area contributed by atoms with Crippen LogP contribution in [0.3, 0.4) is 0 Å². The molecule has 0 saturated carbocycles. The minimum absolute atomic E-state index is 0.611. The van der Waals surface area contributed by atoms with E-state index in [0.717, 1.165) is 13.1 Å². The Morgan fingerprint density at radius 3 is 2.33 bits per heavy atom. The molecule has 2 nitrogen and oxygen atoms in total. The predicted molar refractivity (Wildman–Crippen MR) is 38.5 cm³/mol. The van der Waals surface area contributed by atoms with Crippen LogP contribution in [0.1, 0.15) is 6.92 Å². The van der Waals surface area contributed by atoms with Gasteiger partial charge in [0.05, 0.1) is 0 Å². The van der Waals surface area contributed by atoms with Crippen molar-refractivity contribution in [2.75, 3.05) is 13.6 Å². The van der Waals surface area contributed by atoms with Crippen LogP contribution in [0.15, 0.2) is 12.2 Å². The van der Waals surface area contributed by atoms with Crippen molar-refractivity contribution in [3.05, 3.63) is 12.2 Å². The van der Waals surface area contributed by atoms with Gasteiger partial charge in [-0.15, -0.1) is 0 Å². The summed E-state index contributed by atoms with van der Waals surface area (Å²) in [5, 5.41) is 0. The number of allylic oxidation sites excluding steroid dienone is 1. The van der Waals surface area contributed by atoms with Gasteiger partial charge >= 0.3 is 6.18 Å². The molecule has 0 N–H and O–H groups in total. The largest absolute Gasteiger partial charge is 0.406 e. The fourth-order valence-electron chi connectivity index (χ4n) is 0.617. The standard InChI is InChI=1S/C7H10F3NO/c1-3-4-6(12)11(2)5-7(8,9)10/h3-4H,5H2,1-2H3. The number of rotatable bonds is 2. The molecular formula is C7H10F3NO. The Balaban J connectivity index is 4.04. The maximum absolute atomic E-state index is 11.7. The van der Waals surface area contributed by atoms with Crippen LogP contribution in [0.5, 0.6) is 0 Å². The molecule has 0 aliphatic heterocycles. The van der Waals surface area contributed by atoms with E-state index in [2.05, 4.69) is 0 Å². The Bertz CT molecular complexity index is 186. The van der Waals surface area contributed by atoms with E-state index in [1.807, 2.05) is 0 Å². The molecule has 0 atom stereocenters. The number of carbonyl (C=O) groups is 1. The molecule has 0 aromatic rings. The number of amides is 1. The molecule has 0 aromatic heterocycles. The quantitative estimate of drug-likeness (QED) is 0.592. The number of hydrogen-bond acceptors (Lipinski definition) is 1. The lowest BCUT2D eigenvalue weighted by Gasteiger charge is -2.16. The van der Waals surface area contributed by atoms with E-state index < -0.39 is 18.6 Å². The molecule has 0 aromatic carbocycles. The maximum atomic E-state index is 11.7. The van der Waals surface area contributed by atoms with E-state index in [9.17, 15) is 18.0 Å². The van der Waals surface area contributed by atoms with Gasteiger partial charge in [-0.3, -0.25) is 4.79 Å². The molecule has 70 valence electrons. The highest BCUT2D eigenvalue weighted by atomic mass is 19.4. The lowest BCUT2D eigenvalue weighted by Crippen LogP contribution is -2.34. The molecule has 0 aliphatic rings. The number of alkyl halides is 3. The van der Waals surface area contributed by atoms with E-state index in [1.54, 1.807) is 6.92 Å². The molecule has 0 fully saturated rings. The molecular weight excluding hydrogens is 171 g/mol. The first-order valence-electron chi connectivity index (χ1n) is 3.31. The summed E-state index contributed by atoms with van der Waals surface area (Å²) in [7, 11) is 1.11. The van der Waals surface area contributed by atoms with Gasteiger partial charge in [-0.05, 0) is 13.0 Å². The van der Waals surface area contributed by atoms with Gasteiger partial charge in [-0.2, -0.15) is 13.2 Å². The van der Waals surface area contributed by atoms with E-state index >= 15 is 0 Å². The van der Waals surface area contributed by atoms with Gasteiger partial charge in [0, 0.05) is 7.05 Å². The number of carbonyl (C=O) groups excluding carboxylic acids is 1. The summed E-state index contributed by atoms with van der Waals surface area (Å²) in [6, 6.07) is 0. The third-order valence-corrected chi connectivity index (χ3v) is 1.10. The Morgan fingerprint density at radius 2 is 2.00 bits per heavy atom. The Hall–Kier alpha value is -1.00. The lowest BCUT2D eigenvalue weighted by molar-refractivity contribution is -0.155. The fraction of sp³-hybridized carbons (Fsp3) is 0.571. The third-order valence-electron chi connectivity index (χ3n) is 1.10. The Kier molecular flexibility index (Phi) is 3.79. The van der Waals surface area contributed by atoms with Crippen LogP contribution in [0, 0.1) is 0 Å². The zero-order chi connectivity index (χ0) is 9.78. The summed E-state index contributed by atoms with van der Waals surface area (Å²) >= 11 is 0. The van der Waals surface area contributed by atoms with E-state index in [0.29, 0.717) is 4.90 Å². The third kappa shape index (κ3) is 4.76. The van der Waals surface area contributed by atoms with E-state index in [1.165, 1.54) is 6.08 Å². The van der Waals surface area contributed by atoms with Crippen molar-refractivity contribution in [3.8, 4) is 0 Å². The molecule has 0 heterocycles. The molecule has 1 amide bonds. The SMILES string of the molecule is CC=CC(=O)N(C)CC(F)(F)F. The van der Waals surface area contributed by atoms with Gasteiger partial charge in [0.15, 0.2) is 0 Å². The van der Waals surface area contributed by atoms with Crippen LogP contribution in [0.25, 0.3) is 0 Å². The first-order valence-corrected chi connectivity index (χ1v) is 3.31. The summed E-state index contributed by atoms with van der Waals surface area (Å²) in [6.07, 6.45) is -1.84. The fourth-order valence-corrected chi connectivity index (χ4v) is 0.617. The van der Waals surface area contributed by atoms with Gasteiger partial charge in [-0.25, -0.2) is 0 Å². The lowest BCUT2D eigenvalue weighted by atomic mass is 10.4. The summed E-state index contributed by atoms with van der Waals surface area (Å²) in [5.41, 5.74) is 0. The summed E-state index contributed by atoms with van der Waals surface area (Å²) in [6.45, 7) is 0.357. The monoisotopic (exact) mass is 181 g/mol. The smallest absolute Gasteiger partial charge is 0.333 e. The number of hydrogen-bond donors (Lipinski definition) is 0. The summed E-state index contributed by atoms with van der Waals surface area (Å²) < 4.78 is 35.1. The number of likely N-dealkylation sites (N-methyl/N-ethyl adjacent to an activating group) is 1. The average Bonchev–Trinajstić information content (AvgIpc) is 1.84. The molecule has 0 radical (unpaired) electrons. The van der Waals surface area contributed by atoms with Gasteiger partial charge in [0.2, 0.25) is 5.91 Å². The molecule has 0 aliphatic carbocycles. The van der Waals surface area contributed by atoms with Crippen LogP contribution in [-0.4, -0.2) is 30.6 Å². The van der Waals surface area contributed by atoms with Gasteiger partial charge < -0.3 is 4.90 Å². The highest BCUT2D eigenvalue weighted by Gasteiger charge is 2.30. The van der Waals surface area contributed by atoms with Gasteiger partial charge in [0.1, 0.15) is 6.54 Å². The molecule has 12 heavy (non-hydrogen) atoms. The molecule has 5 heteroatoms. The second kappa shape index (κ2) is 4.13. The molecule has 0 saturated heterocycles. The van der Waals surface area contributed by atoms with Crippen molar-refractivity contribution >= 4 is 5.91 Å². The second-order valence-corrected chi connectivity index (χ2v) is 2.31. The van der Waals surface area contributed by atoms with Gasteiger partial charge in [0.25, 0.3) is 0 Å². The highest BCUT2D eigenvalue weighted by molar-refractivity contribution is 5.87. The summed E-state index contributed by atoms with van der Waals surface area (Å²) in [5.74, 6) is -0.644.